The molecular formula is C23H28F3N3O4S. The van der Waals surface area contributed by atoms with E-state index in [0.717, 1.165) is 22.7 Å². The topological polar surface area (TPSA) is 70.2 Å². The number of alkyl halides is 3. The smallest absolute Gasteiger partial charge is 0.416 e. The molecule has 1 heterocycles. The number of carbonyl (C=O) groups excluding carboxylic acids is 1. The average Bonchev–Trinajstić information content (AvgIpc) is 2.79. The van der Waals surface area contributed by atoms with E-state index in [2.05, 4.69) is 0 Å². The first-order chi connectivity index (χ1) is 15.9. The number of anilines is 2. The number of benzene rings is 2. The van der Waals surface area contributed by atoms with Gasteiger partial charge < -0.3 is 14.5 Å². The lowest BCUT2D eigenvalue weighted by Gasteiger charge is -2.39. The van der Waals surface area contributed by atoms with E-state index in [1.807, 2.05) is 6.92 Å². The van der Waals surface area contributed by atoms with Gasteiger partial charge in [-0.2, -0.15) is 13.2 Å². The van der Waals surface area contributed by atoms with Crippen molar-refractivity contribution in [1.82, 2.24) is 4.90 Å². The van der Waals surface area contributed by atoms with Crippen LogP contribution < -0.4 is 13.9 Å². The van der Waals surface area contributed by atoms with Gasteiger partial charge in [0, 0.05) is 31.9 Å². The molecule has 7 nitrogen and oxygen atoms in total. The van der Waals surface area contributed by atoms with Gasteiger partial charge in [0.1, 0.15) is 11.8 Å². The van der Waals surface area contributed by atoms with Crippen molar-refractivity contribution in [3.05, 3.63) is 54.1 Å². The molecule has 1 saturated heterocycles. The number of carbonyl (C=O) groups is 1. The normalized spacial score (nSPS) is 15.7. The van der Waals surface area contributed by atoms with Gasteiger partial charge in [-0.3, -0.25) is 9.10 Å². The lowest BCUT2D eigenvalue weighted by Crippen LogP contribution is -2.55. The fourth-order valence-electron chi connectivity index (χ4n) is 3.99. The Morgan fingerprint density at radius 1 is 1.09 bits per heavy atom. The first-order valence-electron chi connectivity index (χ1n) is 10.8. The van der Waals surface area contributed by atoms with Crippen LogP contribution in [0.2, 0.25) is 0 Å². The third-order valence-electron chi connectivity index (χ3n) is 5.60. The van der Waals surface area contributed by atoms with E-state index in [1.54, 1.807) is 40.1 Å². The zero-order chi connectivity index (χ0) is 25.1. The van der Waals surface area contributed by atoms with Crippen LogP contribution in [0.25, 0.3) is 0 Å². The van der Waals surface area contributed by atoms with Crippen LogP contribution in [0, 0.1) is 0 Å². The highest BCUT2D eigenvalue weighted by Gasteiger charge is 2.34. The van der Waals surface area contributed by atoms with Crippen molar-refractivity contribution in [3.8, 4) is 5.75 Å². The first kappa shape index (κ1) is 25.7. The van der Waals surface area contributed by atoms with Crippen LogP contribution in [0.4, 0.5) is 24.5 Å². The number of hydrogen-bond acceptors (Lipinski definition) is 5. The van der Waals surface area contributed by atoms with Crippen molar-refractivity contribution in [1.29, 1.82) is 0 Å². The Bertz CT molecular complexity index is 1100. The molecule has 0 aromatic heterocycles. The summed E-state index contributed by atoms with van der Waals surface area (Å²) in [4.78, 5) is 16.5. The Kier molecular flexibility index (Phi) is 7.64. The van der Waals surface area contributed by atoms with Crippen LogP contribution >= 0.6 is 0 Å². The molecule has 2 aromatic carbocycles. The highest BCUT2D eigenvalue weighted by Crippen LogP contribution is 2.32. The molecule has 0 saturated carbocycles. The van der Waals surface area contributed by atoms with E-state index in [9.17, 15) is 26.4 Å². The first-order valence-corrected chi connectivity index (χ1v) is 12.7. The van der Waals surface area contributed by atoms with Crippen molar-refractivity contribution in [2.24, 2.45) is 0 Å². The molecule has 1 aliphatic heterocycles. The molecular weight excluding hydrogens is 471 g/mol. The second-order valence-electron chi connectivity index (χ2n) is 8.02. The van der Waals surface area contributed by atoms with Gasteiger partial charge in [0.05, 0.1) is 24.1 Å². The maximum atomic E-state index is 13.2. The molecule has 1 atom stereocenters. The van der Waals surface area contributed by atoms with Crippen molar-refractivity contribution in [3.63, 3.8) is 0 Å². The lowest BCUT2D eigenvalue weighted by molar-refractivity contribution is -0.137. The predicted molar refractivity (Wildman–Crippen MR) is 125 cm³/mol. The highest BCUT2D eigenvalue weighted by atomic mass is 32.2. The molecule has 0 aliphatic carbocycles. The number of nitrogens with zero attached hydrogens (tertiary/aromatic N) is 3. The number of amides is 1. The van der Waals surface area contributed by atoms with E-state index >= 15 is 0 Å². The van der Waals surface area contributed by atoms with Crippen LogP contribution in [0.3, 0.4) is 0 Å². The molecule has 0 N–H and O–H groups in total. The van der Waals surface area contributed by atoms with Gasteiger partial charge in [-0.1, -0.05) is 6.07 Å². The maximum absolute atomic E-state index is 13.2. The fourth-order valence-corrected chi connectivity index (χ4v) is 5.16. The zero-order valence-corrected chi connectivity index (χ0v) is 20.1. The third kappa shape index (κ3) is 5.94. The molecule has 186 valence electrons. The zero-order valence-electron chi connectivity index (χ0n) is 19.2. The van der Waals surface area contributed by atoms with E-state index in [-0.39, 0.29) is 19.0 Å². The van der Waals surface area contributed by atoms with E-state index in [4.69, 9.17) is 4.74 Å². The van der Waals surface area contributed by atoms with Gasteiger partial charge in [-0.15, -0.1) is 0 Å². The van der Waals surface area contributed by atoms with Crippen LogP contribution in [-0.2, 0) is 21.0 Å². The molecule has 3 rings (SSSR count). The summed E-state index contributed by atoms with van der Waals surface area (Å²) >= 11 is 0. The van der Waals surface area contributed by atoms with E-state index in [1.165, 1.54) is 13.0 Å². The number of hydrogen-bond donors (Lipinski definition) is 0. The van der Waals surface area contributed by atoms with Gasteiger partial charge in [0.2, 0.25) is 15.9 Å². The van der Waals surface area contributed by atoms with Gasteiger partial charge >= 0.3 is 6.18 Å². The van der Waals surface area contributed by atoms with Gasteiger partial charge in [-0.05, 0) is 56.3 Å². The number of ether oxygens (including phenoxy) is 1. The summed E-state index contributed by atoms with van der Waals surface area (Å²) in [5.41, 5.74) is 0.0489. The molecule has 0 bridgehead atoms. The van der Waals surface area contributed by atoms with E-state index < -0.39 is 27.8 Å². The minimum Gasteiger partial charge on any atom is -0.494 e. The minimum absolute atomic E-state index is 0.264. The van der Waals surface area contributed by atoms with Crippen LogP contribution in [0.5, 0.6) is 5.75 Å². The molecule has 11 heteroatoms. The van der Waals surface area contributed by atoms with Crippen molar-refractivity contribution < 1.29 is 31.1 Å². The summed E-state index contributed by atoms with van der Waals surface area (Å²) in [5, 5.41) is 0. The maximum Gasteiger partial charge on any atom is 0.416 e. The Balaban J connectivity index is 1.71. The van der Waals surface area contributed by atoms with Crippen LogP contribution in [-0.4, -0.2) is 64.3 Å². The molecule has 2 aromatic rings. The molecule has 1 amide bonds. The number of rotatable bonds is 7. The predicted octanol–water partition coefficient (Wildman–Crippen LogP) is 3.61. The standard InChI is InChI=1S/C23H28F3N3O4S/c1-4-33-21-10-8-19(9-11-21)29(34(3,31)32)17(2)22(30)28-14-12-27(13-15-28)20-7-5-6-18(16-20)23(24,25)26/h5-11,16-17H,4,12-15H2,1-3H3/t17-/m0/s1. The molecule has 34 heavy (non-hydrogen) atoms. The molecule has 1 fully saturated rings. The van der Waals surface area contributed by atoms with Gasteiger partial charge in [0.25, 0.3) is 0 Å². The largest absolute Gasteiger partial charge is 0.494 e. The molecule has 1 aliphatic rings. The number of piperazine rings is 1. The Morgan fingerprint density at radius 2 is 1.71 bits per heavy atom. The van der Waals surface area contributed by atoms with Gasteiger partial charge in [-0.25, -0.2) is 8.42 Å². The number of sulfonamides is 1. The summed E-state index contributed by atoms with van der Waals surface area (Å²) in [6.45, 7) is 5.03. The van der Waals surface area contributed by atoms with E-state index in [0.29, 0.717) is 36.8 Å². The third-order valence-corrected chi connectivity index (χ3v) is 6.84. The monoisotopic (exact) mass is 499 g/mol. The second kappa shape index (κ2) is 10.1. The highest BCUT2D eigenvalue weighted by molar-refractivity contribution is 7.92. The van der Waals surface area contributed by atoms with Crippen LogP contribution in [0.15, 0.2) is 48.5 Å². The minimum atomic E-state index is -4.43. The molecule has 0 unspecified atom stereocenters. The van der Waals surface area contributed by atoms with Crippen molar-refractivity contribution in [2.75, 3.05) is 48.2 Å². The summed E-state index contributed by atoms with van der Waals surface area (Å²) in [5.74, 6) is 0.215. The van der Waals surface area contributed by atoms with Crippen LogP contribution in [0.1, 0.15) is 19.4 Å². The lowest BCUT2D eigenvalue weighted by atomic mass is 10.1. The van der Waals surface area contributed by atoms with Gasteiger partial charge in [0.15, 0.2) is 0 Å². The summed E-state index contributed by atoms with van der Waals surface area (Å²) in [6, 6.07) is 10.5. The Labute approximate surface area is 197 Å². The Hall–Kier alpha value is -2.95. The summed E-state index contributed by atoms with van der Waals surface area (Å²) < 4.78 is 70.7. The second-order valence-corrected chi connectivity index (χ2v) is 9.88. The Morgan fingerprint density at radius 3 is 2.24 bits per heavy atom. The summed E-state index contributed by atoms with van der Waals surface area (Å²) in [7, 11) is -3.77. The molecule has 0 radical (unpaired) electrons. The average molecular weight is 500 g/mol. The summed E-state index contributed by atoms with van der Waals surface area (Å²) in [6.07, 6.45) is -3.39. The van der Waals surface area contributed by atoms with Crippen molar-refractivity contribution >= 4 is 27.3 Å². The van der Waals surface area contributed by atoms with Crippen molar-refractivity contribution in [2.45, 2.75) is 26.1 Å². The quantitative estimate of drug-likeness (QED) is 0.582. The molecule has 0 spiro atoms. The number of halogens is 3. The fraction of sp³-hybridized carbons (Fsp3) is 0.435. The SMILES string of the molecule is CCOc1ccc(N([C@@H](C)C(=O)N2CCN(c3cccc(C(F)(F)F)c3)CC2)S(C)(=O)=O)cc1.